The topological polar surface area (TPSA) is 72.3 Å². The maximum absolute atomic E-state index is 13.0. The Hall–Kier alpha value is -2.93. The molecule has 1 heterocycles. The van der Waals surface area contributed by atoms with Gasteiger partial charge in [0.1, 0.15) is 16.8 Å². The first-order chi connectivity index (χ1) is 13.9. The van der Waals surface area contributed by atoms with E-state index in [1.807, 2.05) is 55.5 Å². The Labute approximate surface area is 171 Å². The van der Waals surface area contributed by atoms with Gasteiger partial charge in [0, 0.05) is 31.2 Å². The number of hydrogen-bond acceptors (Lipinski definition) is 4. The lowest BCUT2D eigenvalue weighted by molar-refractivity contribution is -0.117. The summed E-state index contributed by atoms with van der Waals surface area (Å²) in [5, 5.41) is -1.16. The van der Waals surface area contributed by atoms with E-state index in [-0.39, 0.29) is 5.75 Å². The fourth-order valence-electron chi connectivity index (χ4n) is 3.16. The van der Waals surface area contributed by atoms with E-state index in [2.05, 4.69) is 4.98 Å². The van der Waals surface area contributed by atoms with Crippen LogP contribution >= 0.6 is 0 Å². The Morgan fingerprint density at radius 2 is 1.69 bits per heavy atom. The highest BCUT2D eigenvalue weighted by atomic mass is 32.2. The largest absolute Gasteiger partial charge is 0.330 e. The number of imidazole rings is 1. The second-order valence-corrected chi connectivity index (χ2v) is 9.15. The van der Waals surface area contributed by atoms with E-state index in [4.69, 9.17) is 0 Å². The van der Waals surface area contributed by atoms with Crippen LogP contribution < -0.4 is 4.90 Å². The molecule has 29 heavy (non-hydrogen) atoms. The number of aromatic nitrogens is 2. The Morgan fingerprint density at radius 3 is 2.31 bits per heavy atom. The molecule has 0 spiro atoms. The number of amides is 1. The van der Waals surface area contributed by atoms with Gasteiger partial charge in [-0.05, 0) is 31.5 Å². The lowest BCUT2D eigenvalue weighted by Crippen LogP contribution is -2.42. The van der Waals surface area contributed by atoms with Crippen molar-refractivity contribution >= 4 is 21.4 Å². The van der Waals surface area contributed by atoms with Gasteiger partial charge in [0.25, 0.3) is 0 Å². The van der Waals surface area contributed by atoms with Gasteiger partial charge in [-0.1, -0.05) is 48.5 Å². The Balaban J connectivity index is 1.77. The van der Waals surface area contributed by atoms with Gasteiger partial charge >= 0.3 is 0 Å². The second kappa shape index (κ2) is 9.05. The van der Waals surface area contributed by atoms with Crippen LogP contribution in [0.1, 0.15) is 25.2 Å². The van der Waals surface area contributed by atoms with E-state index in [9.17, 15) is 13.2 Å². The molecule has 0 saturated carbocycles. The van der Waals surface area contributed by atoms with Crippen molar-refractivity contribution in [2.24, 2.45) is 0 Å². The number of benzene rings is 2. The number of nitrogens with zero attached hydrogens (tertiary/aromatic N) is 3. The smallest absolute Gasteiger partial charge is 0.245 e. The van der Waals surface area contributed by atoms with E-state index in [0.717, 1.165) is 5.56 Å². The maximum Gasteiger partial charge on any atom is 0.245 e. The van der Waals surface area contributed by atoms with Crippen LogP contribution in [0.25, 0.3) is 0 Å². The summed E-state index contributed by atoms with van der Waals surface area (Å²) in [5.74, 6) is -0.289. The molecule has 0 bridgehead atoms. The third kappa shape index (κ3) is 4.92. The molecule has 1 amide bonds. The monoisotopic (exact) mass is 411 g/mol. The molecular formula is C22H25N3O3S. The van der Waals surface area contributed by atoms with Crippen molar-refractivity contribution in [2.45, 2.75) is 31.4 Å². The molecular weight excluding hydrogens is 386 g/mol. The molecule has 3 aromatic rings. The summed E-state index contributed by atoms with van der Waals surface area (Å²) >= 11 is 0. The first-order valence-electron chi connectivity index (χ1n) is 9.54. The Kier molecular flexibility index (Phi) is 6.49. The number of rotatable bonds is 8. The average molecular weight is 412 g/mol. The third-order valence-corrected chi connectivity index (χ3v) is 6.80. The van der Waals surface area contributed by atoms with E-state index in [1.165, 1.54) is 11.8 Å². The molecule has 0 aliphatic rings. The lowest BCUT2D eigenvalue weighted by Gasteiger charge is -2.24. The number of carbonyl (C=O) groups is 1. The Bertz CT molecular complexity index is 1050. The minimum Gasteiger partial charge on any atom is -0.330 e. The molecule has 6 nitrogen and oxygen atoms in total. The molecule has 0 aliphatic carbocycles. The van der Waals surface area contributed by atoms with Gasteiger partial charge in [-0.25, -0.2) is 13.4 Å². The summed E-state index contributed by atoms with van der Waals surface area (Å²) in [4.78, 5) is 18.7. The summed E-state index contributed by atoms with van der Waals surface area (Å²) < 4.78 is 27.8. The molecule has 0 N–H and O–H groups in total. The molecule has 152 valence electrons. The van der Waals surface area contributed by atoms with Gasteiger partial charge in [-0.3, -0.25) is 4.79 Å². The standard InChI is InChI=1S/C22H25N3O3S/c1-3-25(20-12-8-5-9-13-20)22(26)18(2)29(27,28)17-21-23-14-15-24(21)16-19-10-6-4-7-11-19/h4-15,18H,3,16-17H2,1-2H3. The molecule has 0 saturated heterocycles. The molecule has 7 heteroatoms. The van der Waals surface area contributed by atoms with E-state index >= 15 is 0 Å². The van der Waals surface area contributed by atoms with Crippen molar-refractivity contribution in [2.75, 3.05) is 11.4 Å². The summed E-state index contributed by atoms with van der Waals surface area (Å²) in [6, 6.07) is 18.9. The number of sulfone groups is 1. The molecule has 3 rings (SSSR count). The number of para-hydroxylation sites is 1. The van der Waals surface area contributed by atoms with Crippen molar-refractivity contribution in [3.05, 3.63) is 84.4 Å². The van der Waals surface area contributed by atoms with E-state index in [1.54, 1.807) is 29.1 Å². The first kappa shape index (κ1) is 20.8. The SMILES string of the molecule is CCN(C(=O)C(C)S(=O)(=O)Cc1nccn1Cc1ccccc1)c1ccccc1. The fraction of sp³-hybridized carbons (Fsp3) is 0.273. The van der Waals surface area contributed by atoms with Crippen LogP contribution in [0.15, 0.2) is 73.1 Å². The zero-order valence-electron chi connectivity index (χ0n) is 16.6. The zero-order valence-corrected chi connectivity index (χ0v) is 17.4. The summed E-state index contributed by atoms with van der Waals surface area (Å²) in [6.45, 7) is 4.20. The highest BCUT2D eigenvalue weighted by Gasteiger charge is 2.33. The van der Waals surface area contributed by atoms with Gasteiger partial charge in [-0.2, -0.15) is 0 Å². The number of anilines is 1. The predicted octanol–water partition coefficient (Wildman–Crippen LogP) is 3.29. The van der Waals surface area contributed by atoms with Crippen molar-refractivity contribution < 1.29 is 13.2 Å². The van der Waals surface area contributed by atoms with E-state index < -0.39 is 21.0 Å². The minimum atomic E-state index is -3.73. The zero-order chi connectivity index (χ0) is 20.9. The minimum absolute atomic E-state index is 0.286. The molecule has 0 fully saturated rings. The highest BCUT2D eigenvalue weighted by molar-refractivity contribution is 7.92. The van der Waals surface area contributed by atoms with Crippen molar-refractivity contribution in [3.8, 4) is 0 Å². The third-order valence-electron chi connectivity index (χ3n) is 4.86. The average Bonchev–Trinajstić information content (AvgIpc) is 3.15. The van der Waals surface area contributed by atoms with Crippen LogP contribution in [0.5, 0.6) is 0 Å². The second-order valence-electron chi connectivity index (χ2n) is 6.82. The van der Waals surface area contributed by atoms with Crippen molar-refractivity contribution in [1.82, 2.24) is 9.55 Å². The van der Waals surface area contributed by atoms with Crippen LogP contribution in [0.2, 0.25) is 0 Å². The van der Waals surface area contributed by atoms with Crippen LogP contribution in [0.4, 0.5) is 5.69 Å². The molecule has 1 atom stereocenters. The van der Waals surface area contributed by atoms with Gasteiger partial charge in [0.15, 0.2) is 9.84 Å². The number of carbonyl (C=O) groups excluding carboxylic acids is 1. The predicted molar refractivity (Wildman–Crippen MR) is 114 cm³/mol. The van der Waals surface area contributed by atoms with Gasteiger partial charge in [0.05, 0.1) is 0 Å². The molecule has 1 aromatic heterocycles. The van der Waals surface area contributed by atoms with Crippen molar-refractivity contribution in [3.63, 3.8) is 0 Å². The normalized spacial score (nSPS) is 12.5. The van der Waals surface area contributed by atoms with E-state index in [0.29, 0.717) is 24.6 Å². The summed E-state index contributed by atoms with van der Waals surface area (Å²) in [5.41, 5.74) is 1.74. The summed E-state index contributed by atoms with van der Waals surface area (Å²) in [6.07, 6.45) is 3.34. The van der Waals surface area contributed by atoms with Crippen LogP contribution in [0, 0.1) is 0 Å². The Morgan fingerprint density at radius 1 is 1.07 bits per heavy atom. The highest BCUT2D eigenvalue weighted by Crippen LogP contribution is 2.19. The quantitative estimate of drug-likeness (QED) is 0.570. The van der Waals surface area contributed by atoms with Gasteiger partial charge in [-0.15, -0.1) is 0 Å². The molecule has 0 radical (unpaired) electrons. The van der Waals surface area contributed by atoms with Crippen LogP contribution in [-0.2, 0) is 26.9 Å². The first-order valence-corrected chi connectivity index (χ1v) is 11.3. The maximum atomic E-state index is 13.0. The molecule has 1 unspecified atom stereocenters. The summed E-state index contributed by atoms with van der Waals surface area (Å²) in [7, 11) is -3.73. The number of hydrogen-bond donors (Lipinski definition) is 0. The van der Waals surface area contributed by atoms with Crippen LogP contribution in [-0.4, -0.2) is 35.7 Å². The molecule has 0 aliphatic heterocycles. The van der Waals surface area contributed by atoms with Gasteiger partial charge in [0.2, 0.25) is 5.91 Å². The lowest BCUT2D eigenvalue weighted by atomic mass is 10.2. The molecule has 2 aromatic carbocycles. The van der Waals surface area contributed by atoms with Crippen molar-refractivity contribution in [1.29, 1.82) is 0 Å². The fourth-order valence-corrected chi connectivity index (χ4v) is 4.44. The van der Waals surface area contributed by atoms with Crippen LogP contribution in [0.3, 0.4) is 0 Å². The van der Waals surface area contributed by atoms with Gasteiger partial charge < -0.3 is 9.47 Å².